The van der Waals surface area contributed by atoms with Gasteiger partial charge in [-0.15, -0.1) is 0 Å². The summed E-state index contributed by atoms with van der Waals surface area (Å²) in [6.07, 6.45) is 36.7. The van der Waals surface area contributed by atoms with Crippen molar-refractivity contribution in [1.29, 1.82) is 0 Å². The molecule has 202 valence electrons. The van der Waals surface area contributed by atoms with Gasteiger partial charge in [-0.2, -0.15) is 0 Å². The zero-order chi connectivity index (χ0) is 25.0. The van der Waals surface area contributed by atoms with Gasteiger partial charge in [0.05, 0.1) is 0 Å². The molecule has 0 spiro atoms. The van der Waals surface area contributed by atoms with E-state index in [4.69, 9.17) is 4.74 Å². The lowest BCUT2D eigenvalue weighted by molar-refractivity contribution is -0.147. The number of hydrogen-bond donors (Lipinski definition) is 0. The third kappa shape index (κ3) is 29.2. The predicted octanol–water partition coefficient (Wildman–Crippen LogP) is 9.99. The van der Waals surface area contributed by atoms with Crippen LogP contribution in [0.5, 0.6) is 0 Å². The van der Waals surface area contributed by atoms with E-state index in [0.717, 1.165) is 12.8 Å². The van der Waals surface area contributed by atoms with Gasteiger partial charge in [0.2, 0.25) is 0 Å². The van der Waals surface area contributed by atoms with Crippen LogP contribution in [0.1, 0.15) is 161 Å². The van der Waals surface area contributed by atoms with Crippen LogP contribution in [0.2, 0.25) is 0 Å². The molecule has 0 radical (unpaired) electrons. The highest BCUT2D eigenvalue weighted by molar-refractivity contribution is 5.69. The molecular formula is C31H61NO2. The Morgan fingerprint density at radius 3 is 1.29 bits per heavy atom. The molecule has 0 aromatic carbocycles. The van der Waals surface area contributed by atoms with Crippen LogP contribution in [0, 0.1) is 0 Å². The molecule has 0 aliphatic rings. The number of nitrogens with zero attached hydrogens (tertiary/aromatic N) is 1. The fourth-order valence-electron chi connectivity index (χ4n) is 4.38. The molecule has 0 aliphatic heterocycles. The minimum absolute atomic E-state index is 0.0642. The van der Waals surface area contributed by atoms with Crippen LogP contribution >= 0.6 is 0 Å². The first-order valence-corrected chi connectivity index (χ1v) is 15.1. The molecule has 34 heavy (non-hydrogen) atoms. The molecule has 0 N–H and O–H groups in total. The van der Waals surface area contributed by atoms with Gasteiger partial charge >= 0.3 is 5.97 Å². The fourth-order valence-corrected chi connectivity index (χ4v) is 4.38. The summed E-state index contributed by atoms with van der Waals surface area (Å²) in [6.45, 7) is 2.69. The molecule has 0 atom stereocenters. The van der Waals surface area contributed by atoms with Crippen molar-refractivity contribution in [2.24, 2.45) is 0 Å². The lowest BCUT2D eigenvalue weighted by Crippen LogP contribution is -2.19. The van der Waals surface area contributed by atoms with E-state index in [1.54, 1.807) is 0 Å². The van der Waals surface area contributed by atoms with Crippen molar-refractivity contribution in [1.82, 2.24) is 4.90 Å². The summed E-state index contributed by atoms with van der Waals surface area (Å²) in [4.78, 5) is 13.4. The summed E-state index contributed by atoms with van der Waals surface area (Å²) in [5.41, 5.74) is 0. The van der Waals surface area contributed by atoms with Crippen molar-refractivity contribution >= 4 is 5.97 Å². The number of esters is 1. The van der Waals surface area contributed by atoms with Gasteiger partial charge in [-0.25, -0.2) is 0 Å². The lowest BCUT2D eigenvalue weighted by Gasteiger charge is -2.10. The van der Waals surface area contributed by atoms with Gasteiger partial charge in [0, 0.05) is 6.42 Å². The number of unbranched alkanes of at least 4 members (excludes halogenated alkanes) is 21. The van der Waals surface area contributed by atoms with Gasteiger partial charge in [0.25, 0.3) is 0 Å². The second kappa shape index (κ2) is 28.4. The standard InChI is InChI=1S/C31H61NO2/c1-4-5-6-7-8-9-10-11-12-13-14-15-16-17-18-19-20-21-22-23-24-25-26-27-28-29-31(33)34-30-32(2)3/h21-22H,4-20,23-30H2,1-3H3. The second-order valence-electron chi connectivity index (χ2n) is 10.6. The van der Waals surface area contributed by atoms with Gasteiger partial charge in [-0.05, 0) is 46.2 Å². The van der Waals surface area contributed by atoms with Crippen molar-refractivity contribution in [2.75, 3.05) is 20.8 Å². The summed E-state index contributed by atoms with van der Waals surface area (Å²) in [5, 5.41) is 0. The Bertz CT molecular complexity index is 433. The normalized spacial score (nSPS) is 11.6. The zero-order valence-corrected chi connectivity index (χ0v) is 23.6. The van der Waals surface area contributed by atoms with Crippen molar-refractivity contribution < 1.29 is 9.53 Å². The van der Waals surface area contributed by atoms with E-state index in [0.29, 0.717) is 13.2 Å². The Kier molecular flexibility index (Phi) is 27.7. The number of ether oxygens (including phenoxy) is 1. The largest absolute Gasteiger partial charge is 0.450 e. The Hall–Kier alpha value is -0.830. The molecule has 3 heteroatoms. The first kappa shape index (κ1) is 33.2. The zero-order valence-electron chi connectivity index (χ0n) is 23.6. The Morgan fingerprint density at radius 2 is 0.912 bits per heavy atom. The first-order valence-electron chi connectivity index (χ1n) is 15.1. The van der Waals surface area contributed by atoms with Crippen LogP contribution in [-0.4, -0.2) is 31.7 Å². The van der Waals surface area contributed by atoms with E-state index in [-0.39, 0.29) is 5.97 Å². The number of allylic oxidation sites excluding steroid dienone is 2. The fraction of sp³-hybridized carbons (Fsp3) is 0.903. The molecular weight excluding hydrogens is 418 g/mol. The highest BCUT2D eigenvalue weighted by Gasteiger charge is 2.02. The molecule has 0 unspecified atom stereocenters. The number of rotatable bonds is 27. The maximum Gasteiger partial charge on any atom is 0.307 e. The van der Waals surface area contributed by atoms with Gasteiger partial charge in [0.15, 0.2) is 0 Å². The van der Waals surface area contributed by atoms with Gasteiger partial charge in [-0.3, -0.25) is 9.69 Å². The van der Waals surface area contributed by atoms with Crippen LogP contribution in [0.25, 0.3) is 0 Å². The average Bonchev–Trinajstić information content (AvgIpc) is 2.82. The second-order valence-corrected chi connectivity index (χ2v) is 10.6. The van der Waals surface area contributed by atoms with E-state index in [9.17, 15) is 4.79 Å². The Balaban J connectivity index is 3.15. The summed E-state index contributed by atoms with van der Waals surface area (Å²) in [7, 11) is 3.81. The van der Waals surface area contributed by atoms with E-state index < -0.39 is 0 Å². The molecule has 0 saturated heterocycles. The molecule has 0 heterocycles. The summed E-state index contributed by atoms with van der Waals surface area (Å²) in [6, 6.07) is 0. The average molecular weight is 480 g/mol. The van der Waals surface area contributed by atoms with Crippen molar-refractivity contribution in [2.45, 2.75) is 161 Å². The lowest BCUT2D eigenvalue weighted by atomic mass is 10.0. The number of carbonyl (C=O) groups excluding carboxylic acids is 1. The maximum absolute atomic E-state index is 11.5. The summed E-state index contributed by atoms with van der Waals surface area (Å²) >= 11 is 0. The van der Waals surface area contributed by atoms with Gasteiger partial charge in [0.1, 0.15) is 6.73 Å². The monoisotopic (exact) mass is 479 g/mol. The van der Waals surface area contributed by atoms with E-state index in [1.165, 1.54) is 135 Å². The highest BCUT2D eigenvalue weighted by Crippen LogP contribution is 2.14. The SMILES string of the molecule is CCCCCCCCCCCCCCCCCCC=CCCCCCCCC(=O)OCN(C)C. The molecule has 0 bridgehead atoms. The Morgan fingerprint density at radius 1 is 0.559 bits per heavy atom. The molecule has 0 aromatic heterocycles. The quantitative estimate of drug-likeness (QED) is 0.0508. The first-order chi connectivity index (χ1) is 16.7. The molecule has 0 aliphatic carbocycles. The van der Waals surface area contributed by atoms with Crippen molar-refractivity contribution in [3.8, 4) is 0 Å². The summed E-state index contributed by atoms with van der Waals surface area (Å²) in [5.74, 6) is -0.0642. The van der Waals surface area contributed by atoms with Crippen molar-refractivity contribution in [3.05, 3.63) is 12.2 Å². The minimum atomic E-state index is -0.0642. The topological polar surface area (TPSA) is 29.5 Å². The van der Waals surface area contributed by atoms with Gasteiger partial charge in [-0.1, -0.05) is 135 Å². The van der Waals surface area contributed by atoms with Gasteiger partial charge < -0.3 is 4.74 Å². The third-order valence-electron chi connectivity index (χ3n) is 6.63. The van der Waals surface area contributed by atoms with Crippen LogP contribution in [0.15, 0.2) is 12.2 Å². The maximum atomic E-state index is 11.5. The van der Waals surface area contributed by atoms with E-state index in [2.05, 4.69) is 19.1 Å². The molecule has 0 aromatic rings. The molecule has 0 rings (SSSR count). The van der Waals surface area contributed by atoms with Crippen molar-refractivity contribution in [3.63, 3.8) is 0 Å². The smallest absolute Gasteiger partial charge is 0.307 e. The van der Waals surface area contributed by atoms with Crippen LogP contribution in [0.4, 0.5) is 0 Å². The predicted molar refractivity (Wildman–Crippen MR) is 150 cm³/mol. The molecule has 0 amide bonds. The molecule has 0 saturated carbocycles. The molecule has 0 fully saturated rings. The van der Waals surface area contributed by atoms with Crippen LogP contribution in [-0.2, 0) is 9.53 Å². The van der Waals surface area contributed by atoms with E-state index >= 15 is 0 Å². The van der Waals surface area contributed by atoms with Crippen LogP contribution in [0.3, 0.4) is 0 Å². The third-order valence-corrected chi connectivity index (χ3v) is 6.63. The number of carbonyl (C=O) groups is 1. The van der Waals surface area contributed by atoms with E-state index in [1.807, 2.05) is 19.0 Å². The minimum Gasteiger partial charge on any atom is -0.450 e. The van der Waals surface area contributed by atoms with Crippen LogP contribution < -0.4 is 0 Å². The Labute approximate surface area is 214 Å². The highest BCUT2D eigenvalue weighted by atomic mass is 16.5. The summed E-state index contributed by atoms with van der Waals surface area (Å²) < 4.78 is 5.14. The molecule has 3 nitrogen and oxygen atoms in total. The number of hydrogen-bond acceptors (Lipinski definition) is 3.